The molecule has 8 nitrogen and oxygen atoms in total. The molecule has 0 saturated carbocycles. The molecule has 0 aliphatic carbocycles. The molecule has 0 aliphatic rings. The van der Waals surface area contributed by atoms with Crippen LogP contribution in [0.3, 0.4) is 0 Å². The summed E-state index contributed by atoms with van der Waals surface area (Å²) in [6, 6.07) is 22.8. The van der Waals surface area contributed by atoms with Crippen molar-refractivity contribution in [2.75, 3.05) is 4.31 Å². The Bertz CT molecular complexity index is 1610. The number of nitrogens with zero attached hydrogens (tertiary/aromatic N) is 5. The fraction of sp³-hybridized carbons (Fsp3) is 0.0800. The van der Waals surface area contributed by atoms with Gasteiger partial charge in [0, 0.05) is 18.6 Å². The molecule has 5 aromatic rings. The third-order valence-corrected chi connectivity index (χ3v) is 6.40. The Labute approximate surface area is 197 Å². The van der Waals surface area contributed by atoms with Crippen molar-refractivity contribution in [1.82, 2.24) is 14.5 Å². The van der Waals surface area contributed by atoms with Gasteiger partial charge in [0.2, 0.25) is 0 Å². The first kappa shape index (κ1) is 21.7. The normalized spacial score (nSPS) is 13.0. The van der Waals surface area contributed by atoms with Crippen LogP contribution in [0.4, 0.5) is 11.4 Å². The van der Waals surface area contributed by atoms with Crippen LogP contribution in [0.15, 0.2) is 79.0 Å². The Hall–Kier alpha value is -4.10. The Balaban J connectivity index is 1.57. The predicted molar refractivity (Wildman–Crippen MR) is 129 cm³/mol. The summed E-state index contributed by atoms with van der Waals surface area (Å²) in [7, 11) is 1.78. The van der Waals surface area contributed by atoms with E-state index in [1.165, 1.54) is 4.31 Å². The van der Waals surface area contributed by atoms with Crippen molar-refractivity contribution in [1.29, 1.82) is 5.26 Å². The highest BCUT2D eigenvalue weighted by Crippen LogP contribution is 2.33. The molecule has 2 heterocycles. The second-order valence-electron chi connectivity index (χ2n) is 7.73. The summed E-state index contributed by atoms with van der Waals surface area (Å²) in [6.45, 7) is 0. The minimum absolute atomic E-state index is 0.383. The number of imidazole rings is 1. The van der Waals surface area contributed by atoms with Crippen molar-refractivity contribution in [2.45, 2.75) is 6.10 Å². The molecule has 0 fully saturated rings. The van der Waals surface area contributed by atoms with E-state index in [9.17, 15) is 13.9 Å². The zero-order valence-corrected chi connectivity index (χ0v) is 18.8. The topological polar surface area (TPSA) is 118 Å². The lowest BCUT2D eigenvalue weighted by Gasteiger charge is -2.26. The van der Waals surface area contributed by atoms with E-state index in [1.807, 2.05) is 6.07 Å². The van der Waals surface area contributed by atoms with Crippen LogP contribution >= 0.6 is 0 Å². The van der Waals surface area contributed by atoms with Crippen LogP contribution in [0.1, 0.15) is 23.1 Å². The molecule has 0 spiro atoms. The Kier molecular flexibility index (Phi) is 5.55. The van der Waals surface area contributed by atoms with E-state index < -0.39 is 17.4 Å². The minimum Gasteiger partial charge on any atom is -0.755 e. The quantitative estimate of drug-likeness (QED) is 0.390. The number of anilines is 2. The number of aromatic nitrogens is 3. The molecule has 0 saturated heterocycles. The average Bonchev–Trinajstić information content (AvgIpc) is 3.19. The Morgan fingerprint density at radius 2 is 1.85 bits per heavy atom. The molecule has 0 radical (unpaired) electrons. The molecule has 0 aliphatic heterocycles. The number of pyridine rings is 1. The SMILES string of the molecule is Cn1c(C(O)c2cccc(C#N)c2)nc2cc(N(c3ccc4ncccc4c3)S(=O)[O-])ccc21. The van der Waals surface area contributed by atoms with Gasteiger partial charge in [-0.1, -0.05) is 18.2 Å². The zero-order valence-electron chi connectivity index (χ0n) is 18.0. The van der Waals surface area contributed by atoms with Crippen LogP contribution in [-0.4, -0.2) is 28.4 Å². The lowest BCUT2D eigenvalue weighted by Crippen LogP contribution is -2.19. The molecule has 3 aromatic carbocycles. The van der Waals surface area contributed by atoms with Crippen LogP contribution < -0.4 is 4.31 Å². The smallest absolute Gasteiger partial charge is 0.143 e. The highest BCUT2D eigenvalue weighted by Gasteiger charge is 2.20. The summed E-state index contributed by atoms with van der Waals surface area (Å²) in [5, 5.41) is 20.9. The van der Waals surface area contributed by atoms with E-state index in [2.05, 4.69) is 16.0 Å². The van der Waals surface area contributed by atoms with Crippen LogP contribution in [0.2, 0.25) is 0 Å². The number of benzene rings is 3. The maximum atomic E-state index is 12.2. The van der Waals surface area contributed by atoms with E-state index in [4.69, 9.17) is 5.26 Å². The minimum atomic E-state index is -2.58. The molecule has 1 N–H and O–H groups in total. The summed E-state index contributed by atoms with van der Waals surface area (Å²) in [4.78, 5) is 8.86. The molecule has 34 heavy (non-hydrogen) atoms. The lowest BCUT2D eigenvalue weighted by molar-refractivity contribution is 0.207. The summed E-state index contributed by atoms with van der Waals surface area (Å²) in [6.07, 6.45) is 0.634. The predicted octanol–water partition coefficient (Wildman–Crippen LogP) is 4.01. The summed E-state index contributed by atoms with van der Waals surface area (Å²) < 4.78 is 27.4. The van der Waals surface area contributed by atoms with E-state index in [1.54, 1.807) is 84.5 Å². The van der Waals surface area contributed by atoms with Gasteiger partial charge in [0.1, 0.15) is 11.9 Å². The number of nitriles is 1. The summed E-state index contributed by atoms with van der Waals surface area (Å²) in [5.41, 5.74) is 3.90. The molecular formula is C25H18N5O3S-. The third kappa shape index (κ3) is 3.80. The number of aliphatic hydroxyl groups excluding tert-OH is 1. The van der Waals surface area contributed by atoms with E-state index in [0.29, 0.717) is 33.8 Å². The van der Waals surface area contributed by atoms with Crippen molar-refractivity contribution in [2.24, 2.45) is 7.05 Å². The second-order valence-corrected chi connectivity index (χ2v) is 8.53. The van der Waals surface area contributed by atoms with Gasteiger partial charge in [-0.25, -0.2) is 4.98 Å². The number of hydrogen-bond acceptors (Lipinski definition) is 6. The van der Waals surface area contributed by atoms with Crippen molar-refractivity contribution >= 4 is 44.6 Å². The number of rotatable bonds is 5. The van der Waals surface area contributed by atoms with Gasteiger partial charge in [-0.3, -0.25) is 13.5 Å². The van der Waals surface area contributed by atoms with E-state index in [-0.39, 0.29) is 0 Å². The Morgan fingerprint density at radius 1 is 1.06 bits per heavy atom. The molecule has 0 bridgehead atoms. The Morgan fingerprint density at radius 3 is 2.65 bits per heavy atom. The van der Waals surface area contributed by atoms with Gasteiger partial charge in [-0.2, -0.15) is 5.26 Å². The molecule has 2 unspecified atom stereocenters. The number of hydrogen-bond donors (Lipinski definition) is 1. The third-order valence-electron chi connectivity index (χ3n) is 5.68. The summed E-state index contributed by atoms with van der Waals surface area (Å²) >= 11 is -2.58. The standard InChI is InChI=1S/C25H19N5O3S/c1-29-23-10-8-20(30(34(32)33)19-7-9-21-17(13-19)6-3-11-27-21)14-22(23)28-25(29)24(31)18-5-2-4-16(12-18)15-26/h2-14,24,31H,1H3,(H,32,33)/p-1. The maximum Gasteiger partial charge on any atom is 0.143 e. The van der Waals surface area contributed by atoms with Crippen LogP contribution in [-0.2, 0) is 18.3 Å². The fourth-order valence-electron chi connectivity index (χ4n) is 4.02. The lowest BCUT2D eigenvalue weighted by atomic mass is 10.1. The van der Waals surface area contributed by atoms with E-state index in [0.717, 1.165) is 16.4 Å². The number of aliphatic hydroxyl groups is 1. The molecule has 168 valence electrons. The first-order chi connectivity index (χ1) is 16.5. The van der Waals surface area contributed by atoms with Gasteiger partial charge >= 0.3 is 0 Å². The van der Waals surface area contributed by atoms with Gasteiger partial charge in [-0.05, 0) is 60.2 Å². The highest BCUT2D eigenvalue weighted by atomic mass is 32.2. The highest BCUT2D eigenvalue weighted by molar-refractivity contribution is 7.81. The first-order valence-electron chi connectivity index (χ1n) is 10.3. The zero-order chi connectivity index (χ0) is 23.8. The summed E-state index contributed by atoms with van der Waals surface area (Å²) in [5.74, 6) is 0.383. The average molecular weight is 469 g/mol. The van der Waals surface area contributed by atoms with Crippen molar-refractivity contribution in [3.05, 3.63) is 95.9 Å². The number of fused-ring (bicyclic) bond motifs is 2. The first-order valence-corrected chi connectivity index (χ1v) is 11.4. The van der Waals surface area contributed by atoms with Crippen LogP contribution in [0.5, 0.6) is 0 Å². The van der Waals surface area contributed by atoms with Gasteiger partial charge < -0.3 is 14.2 Å². The van der Waals surface area contributed by atoms with E-state index >= 15 is 0 Å². The van der Waals surface area contributed by atoms with Gasteiger partial charge in [0.05, 0.1) is 50.8 Å². The largest absolute Gasteiger partial charge is 0.755 e. The van der Waals surface area contributed by atoms with Gasteiger partial charge in [0.25, 0.3) is 0 Å². The molecule has 2 aromatic heterocycles. The van der Waals surface area contributed by atoms with Crippen molar-refractivity contribution in [3.63, 3.8) is 0 Å². The van der Waals surface area contributed by atoms with Crippen LogP contribution in [0, 0.1) is 11.3 Å². The molecule has 9 heteroatoms. The fourth-order valence-corrected chi connectivity index (χ4v) is 4.59. The monoisotopic (exact) mass is 468 g/mol. The second kappa shape index (κ2) is 8.68. The van der Waals surface area contributed by atoms with Gasteiger partial charge in [-0.15, -0.1) is 0 Å². The van der Waals surface area contributed by atoms with Crippen molar-refractivity contribution in [3.8, 4) is 6.07 Å². The molecule has 5 rings (SSSR count). The van der Waals surface area contributed by atoms with Gasteiger partial charge in [0.15, 0.2) is 0 Å². The molecule has 2 atom stereocenters. The molecule has 0 amide bonds. The number of aryl methyl sites for hydroxylation is 1. The maximum absolute atomic E-state index is 12.2. The van der Waals surface area contributed by atoms with Crippen molar-refractivity contribution < 1.29 is 13.9 Å². The van der Waals surface area contributed by atoms with Crippen LogP contribution in [0.25, 0.3) is 21.9 Å². The molecular weight excluding hydrogens is 450 g/mol.